The number of nitrogens with one attached hydrogen (secondary N) is 2. The molecule has 0 radical (unpaired) electrons. The number of aliphatic hydroxyl groups is 1. The normalized spacial score (nSPS) is 16.1. The summed E-state index contributed by atoms with van der Waals surface area (Å²) in [6.45, 7) is 2.35. The average molecular weight is 705 g/mol. The number of hydrogen-bond acceptors (Lipinski definition) is 6. The molecule has 1 aliphatic carbocycles. The van der Waals surface area contributed by atoms with Crippen molar-refractivity contribution in [1.82, 2.24) is 9.80 Å². The van der Waals surface area contributed by atoms with E-state index >= 15 is 0 Å². The van der Waals surface area contributed by atoms with E-state index in [1.54, 1.807) is 31.2 Å². The van der Waals surface area contributed by atoms with Crippen molar-refractivity contribution in [2.75, 3.05) is 30.2 Å². The summed E-state index contributed by atoms with van der Waals surface area (Å²) in [5.74, 6) is 0.0852. The summed E-state index contributed by atoms with van der Waals surface area (Å²) in [7, 11) is -11.2. The Hall–Kier alpha value is 1.96. The van der Waals surface area contributed by atoms with E-state index in [4.69, 9.17) is 23.2 Å². The van der Waals surface area contributed by atoms with Crippen LogP contribution in [0.25, 0.3) is 0 Å². The molecule has 1 aromatic carbocycles. The van der Waals surface area contributed by atoms with Crippen molar-refractivity contribution in [2.24, 2.45) is 0 Å². The summed E-state index contributed by atoms with van der Waals surface area (Å²) >= 11 is 11.8. The Morgan fingerprint density at radius 1 is 1.00 bits per heavy atom. The zero-order chi connectivity index (χ0) is 29.5. The maximum absolute atomic E-state index is 13.2. The van der Waals surface area contributed by atoms with Crippen molar-refractivity contribution in [3.8, 4) is 0 Å². The molecule has 0 unspecified atom stereocenters. The molecule has 1 atom stereocenters. The molecule has 0 saturated heterocycles. The third-order valence-electron chi connectivity index (χ3n) is 7.40. The van der Waals surface area contributed by atoms with Crippen molar-refractivity contribution in [2.45, 2.75) is 68.5 Å². The fourth-order valence-electron chi connectivity index (χ4n) is 4.91. The van der Waals surface area contributed by atoms with Gasteiger partial charge in [-0.3, -0.25) is 13.9 Å². The van der Waals surface area contributed by atoms with Gasteiger partial charge in [0.25, 0.3) is 5.08 Å². The summed E-state index contributed by atoms with van der Waals surface area (Å²) in [5.41, 5.74) is 0.285. The zero-order valence-electron chi connectivity index (χ0n) is 21.7. The summed E-state index contributed by atoms with van der Waals surface area (Å²) < 4.78 is 23.6. The van der Waals surface area contributed by atoms with Crippen molar-refractivity contribution < 1.29 is 43.4 Å². The molecule has 0 spiro atoms. The van der Waals surface area contributed by atoms with Gasteiger partial charge in [0, 0.05) is 29.8 Å². The van der Waals surface area contributed by atoms with Crippen LogP contribution < -0.4 is 15.1 Å². The summed E-state index contributed by atoms with van der Waals surface area (Å²) in [4.78, 5) is 63.1. The van der Waals surface area contributed by atoms with E-state index in [0.29, 0.717) is 50.1 Å². The Morgan fingerprint density at radius 2 is 1.48 bits per heavy atom. The molecule has 0 aromatic heterocycles. The average Bonchev–Trinajstić information content (AvgIpc) is 2.86. The number of amides is 2. The van der Waals surface area contributed by atoms with Gasteiger partial charge in [-0.2, -0.15) is 0 Å². The standard InChI is InChI=1S/C23H37Cl2N3O9P2.3Na.3H/c1-18(26-19-5-7-20(8-6-19)28(17-29,15-13-24)16-14-25)21(30)27-22(9-3-2-4-10-22)11-12-23(31,38(32,33)34)39(35,36)37;;;;;;/h5-8,17-18,26,31H,2-4,9-16H2,1H3,(H4-,27,30,32,33,34,35,36,37);;;;;;/p+1/t18-;;;;;;/m0....../s1. The molecular weight excluding hydrogens is 664 g/mol. The van der Waals surface area contributed by atoms with Gasteiger partial charge in [-0.15, -0.1) is 23.2 Å². The van der Waals surface area contributed by atoms with Crippen molar-refractivity contribution in [3.63, 3.8) is 0 Å². The Morgan fingerprint density at radius 3 is 1.88 bits per heavy atom. The molecule has 1 fully saturated rings. The third kappa shape index (κ3) is 11.9. The number of rotatable bonds is 15. The number of quaternary nitrogens is 1. The van der Waals surface area contributed by atoms with E-state index in [-0.39, 0.29) is 111 Å². The van der Waals surface area contributed by atoms with Gasteiger partial charge >= 0.3 is 110 Å². The molecule has 42 heavy (non-hydrogen) atoms. The fraction of sp³-hybridized carbons (Fsp3) is 0.652. The van der Waals surface area contributed by atoms with Gasteiger partial charge in [0.1, 0.15) is 24.8 Å². The van der Waals surface area contributed by atoms with Gasteiger partial charge in [-0.1, -0.05) is 19.3 Å². The Labute approximate surface area is 323 Å². The van der Waals surface area contributed by atoms with Crippen LogP contribution in [-0.4, -0.2) is 167 Å². The van der Waals surface area contributed by atoms with E-state index in [9.17, 15) is 43.4 Å². The van der Waals surface area contributed by atoms with Gasteiger partial charge in [-0.25, -0.2) is 9.28 Å². The van der Waals surface area contributed by atoms with Crippen LogP contribution in [0.5, 0.6) is 0 Å². The van der Waals surface area contributed by atoms with Crippen LogP contribution in [-0.2, 0) is 18.7 Å². The number of nitrogens with zero attached hydrogens (tertiary/aromatic N) is 1. The number of carbonyl (C=O) groups is 2. The number of carbonyl (C=O) groups excluding carboxylic acids is 2. The van der Waals surface area contributed by atoms with Crippen LogP contribution in [0.4, 0.5) is 11.4 Å². The molecule has 228 valence electrons. The molecule has 12 nitrogen and oxygen atoms in total. The predicted octanol–water partition coefficient (Wildman–Crippen LogP) is 1.08. The number of hydrogen-bond donors (Lipinski definition) is 7. The van der Waals surface area contributed by atoms with E-state index in [0.717, 1.165) is 12.8 Å². The Balaban J connectivity index is 0. The van der Waals surface area contributed by atoms with E-state index in [1.807, 2.05) is 0 Å². The van der Waals surface area contributed by atoms with Crippen LogP contribution in [0.3, 0.4) is 0 Å². The second kappa shape index (κ2) is 19.7. The molecule has 0 bridgehead atoms. The van der Waals surface area contributed by atoms with Crippen molar-refractivity contribution in [1.29, 1.82) is 0 Å². The topological polar surface area (TPSA) is 193 Å². The first-order valence-electron chi connectivity index (χ1n) is 12.6. The molecular formula is C23H41Cl2N3Na3O9P2+. The fourth-order valence-corrected chi connectivity index (χ4v) is 7.68. The SMILES string of the molecule is C[C@H](Nc1ccc([N+](C=O)(CCCl)CCCl)cc1)C(=O)NC1(CCC(O)(P(=O)(O)O)P(=O)(O)O)CCCCC1.[NaH].[NaH].[NaH]. The van der Waals surface area contributed by atoms with E-state index in [2.05, 4.69) is 10.6 Å². The second-order valence-corrected chi connectivity index (χ2v) is 14.8. The predicted molar refractivity (Wildman–Crippen MR) is 172 cm³/mol. The maximum atomic E-state index is 13.2. The number of anilines is 1. The molecule has 1 saturated carbocycles. The van der Waals surface area contributed by atoms with Crippen LogP contribution in [0.1, 0.15) is 51.9 Å². The van der Waals surface area contributed by atoms with Crippen LogP contribution in [0.2, 0.25) is 0 Å². The van der Waals surface area contributed by atoms with E-state index < -0.39 is 44.2 Å². The summed E-state index contributed by atoms with van der Waals surface area (Å²) in [6, 6.07) is 6.17. The molecule has 1 aromatic rings. The van der Waals surface area contributed by atoms with Gasteiger partial charge in [0.15, 0.2) is 0 Å². The van der Waals surface area contributed by atoms with Crippen molar-refractivity contribution >= 4 is 151 Å². The molecule has 19 heteroatoms. The first-order valence-corrected chi connectivity index (χ1v) is 16.9. The number of alkyl halides is 2. The quantitative estimate of drug-likeness (QED) is 0.0457. The van der Waals surface area contributed by atoms with Gasteiger partial charge < -0.3 is 35.3 Å². The summed E-state index contributed by atoms with van der Waals surface area (Å²) in [6.07, 6.45) is 2.76. The van der Waals surface area contributed by atoms with Crippen molar-refractivity contribution in [3.05, 3.63) is 24.3 Å². The van der Waals surface area contributed by atoms with Crippen LogP contribution in [0, 0.1) is 0 Å². The zero-order valence-corrected chi connectivity index (χ0v) is 25.0. The minimum atomic E-state index is -5.60. The first kappa shape index (κ1) is 46.1. The molecule has 1 aliphatic rings. The molecule has 2 amide bonds. The van der Waals surface area contributed by atoms with Gasteiger partial charge in [0.05, 0.1) is 11.8 Å². The van der Waals surface area contributed by atoms with Gasteiger partial charge in [0.2, 0.25) is 5.91 Å². The number of halogens is 2. The third-order valence-corrected chi connectivity index (χ3v) is 11.6. The van der Waals surface area contributed by atoms with E-state index in [1.165, 1.54) is 0 Å². The van der Waals surface area contributed by atoms with Gasteiger partial charge in [-0.05, 0) is 38.3 Å². The van der Waals surface area contributed by atoms with Crippen LogP contribution in [0.15, 0.2) is 24.3 Å². The Kier molecular flexibility index (Phi) is 21.6. The number of benzene rings is 1. The first-order chi connectivity index (χ1) is 18.1. The molecule has 2 rings (SSSR count). The van der Waals surface area contributed by atoms with Crippen LogP contribution >= 0.6 is 38.4 Å². The minimum absolute atomic E-state index is 0. The monoisotopic (exact) mass is 704 g/mol. The molecule has 0 heterocycles. The summed E-state index contributed by atoms with van der Waals surface area (Å²) in [5, 5.41) is 12.8. The molecule has 7 N–H and O–H groups in total. The second-order valence-electron chi connectivity index (χ2n) is 10.1. The molecule has 0 aliphatic heterocycles. The Bertz CT molecular complexity index is 1060.